The zero-order chi connectivity index (χ0) is 11.8. The summed E-state index contributed by atoms with van der Waals surface area (Å²) in [4.78, 5) is 0. The van der Waals surface area contributed by atoms with Gasteiger partial charge in [-0.25, -0.2) is 0 Å². The number of halogens is 2. The molecular formula is C13H18BrClO. The van der Waals surface area contributed by atoms with Crippen LogP contribution in [0.2, 0.25) is 5.02 Å². The lowest BCUT2D eigenvalue weighted by molar-refractivity contribution is 0.0910. The van der Waals surface area contributed by atoms with Crippen LogP contribution in [0, 0.1) is 5.92 Å². The van der Waals surface area contributed by atoms with Crippen LogP contribution in [0.1, 0.15) is 25.3 Å². The van der Waals surface area contributed by atoms with Gasteiger partial charge in [0.05, 0.1) is 13.2 Å². The molecule has 0 fully saturated rings. The van der Waals surface area contributed by atoms with E-state index in [2.05, 4.69) is 22.9 Å². The molecular weight excluding hydrogens is 287 g/mol. The van der Waals surface area contributed by atoms with Crippen molar-refractivity contribution in [3.05, 3.63) is 34.9 Å². The van der Waals surface area contributed by atoms with E-state index < -0.39 is 0 Å². The van der Waals surface area contributed by atoms with Gasteiger partial charge in [0.2, 0.25) is 0 Å². The van der Waals surface area contributed by atoms with E-state index >= 15 is 0 Å². The minimum absolute atomic E-state index is 0.615. The predicted molar refractivity (Wildman–Crippen MR) is 73.3 cm³/mol. The summed E-state index contributed by atoms with van der Waals surface area (Å²) in [6, 6.07) is 7.82. The first-order valence-corrected chi connectivity index (χ1v) is 7.14. The monoisotopic (exact) mass is 304 g/mol. The molecule has 1 aromatic rings. The van der Waals surface area contributed by atoms with Crippen LogP contribution >= 0.6 is 27.5 Å². The van der Waals surface area contributed by atoms with Crippen molar-refractivity contribution in [3.63, 3.8) is 0 Å². The van der Waals surface area contributed by atoms with Crippen molar-refractivity contribution in [1.29, 1.82) is 0 Å². The summed E-state index contributed by atoms with van der Waals surface area (Å²) in [5, 5.41) is 1.78. The van der Waals surface area contributed by atoms with Crippen LogP contribution < -0.4 is 0 Å². The van der Waals surface area contributed by atoms with Crippen molar-refractivity contribution in [3.8, 4) is 0 Å². The Hall–Kier alpha value is -0.0500. The van der Waals surface area contributed by atoms with Gasteiger partial charge in [0.15, 0.2) is 0 Å². The van der Waals surface area contributed by atoms with E-state index in [1.807, 2.05) is 24.3 Å². The third kappa shape index (κ3) is 5.33. The van der Waals surface area contributed by atoms with Crippen molar-refractivity contribution in [2.45, 2.75) is 26.4 Å². The van der Waals surface area contributed by atoms with Crippen molar-refractivity contribution in [1.82, 2.24) is 0 Å². The fourth-order valence-electron chi connectivity index (χ4n) is 1.58. The van der Waals surface area contributed by atoms with E-state index in [0.29, 0.717) is 12.5 Å². The van der Waals surface area contributed by atoms with Gasteiger partial charge in [0, 0.05) is 10.4 Å². The quantitative estimate of drug-likeness (QED) is 0.665. The van der Waals surface area contributed by atoms with Gasteiger partial charge in [0.1, 0.15) is 0 Å². The van der Waals surface area contributed by atoms with E-state index in [-0.39, 0.29) is 0 Å². The van der Waals surface area contributed by atoms with Crippen LogP contribution in [0.5, 0.6) is 0 Å². The Bertz CT molecular complexity index is 304. The molecule has 0 N–H and O–H groups in total. The van der Waals surface area contributed by atoms with Gasteiger partial charge in [-0.3, -0.25) is 0 Å². The lowest BCUT2D eigenvalue weighted by Crippen LogP contribution is -2.10. The molecule has 0 aliphatic heterocycles. The first-order chi connectivity index (χ1) is 7.76. The maximum atomic E-state index is 5.90. The lowest BCUT2D eigenvalue weighted by Gasteiger charge is -2.13. The number of alkyl halides is 1. The number of rotatable bonds is 7. The number of hydrogen-bond donors (Lipinski definition) is 0. The summed E-state index contributed by atoms with van der Waals surface area (Å²) in [6.45, 7) is 3.66. The second kappa shape index (κ2) is 8.10. The Labute approximate surface area is 111 Å². The van der Waals surface area contributed by atoms with Gasteiger partial charge < -0.3 is 4.74 Å². The Morgan fingerprint density at radius 3 is 2.88 bits per heavy atom. The van der Waals surface area contributed by atoms with Crippen LogP contribution in [-0.2, 0) is 11.3 Å². The Morgan fingerprint density at radius 1 is 1.44 bits per heavy atom. The first-order valence-electron chi connectivity index (χ1n) is 5.64. The molecule has 0 saturated carbocycles. The Morgan fingerprint density at radius 2 is 2.25 bits per heavy atom. The van der Waals surface area contributed by atoms with Crippen molar-refractivity contribution < 1.29 is 4.74 Å². The smallest absolute Gasteiger partial charge is 0.0717 e. The zero-order valence-corrected chi connectivity index (χ0v) is 11.9. The number of hydrogen-bond acceptors (Lipinski definition) is 1. The molecule has 1 nitrogen and oxygen atoms in total. The maximum Gasteiger partial charge on any atom is 0.0717 e. The van der Waals surface area contributed by atoms with Crippen LogP contribution in [0.3, 0.4) is 0 Å². The average molecular weight is 306 g/mol. The Kier molecular flexibility index (Phi) is 7.10. The molecule has 90 valence electrons. The third-order valence-electron chi connectivity index (χ3n) is 2.43. The zero-order valence-electron chi connectivity index (χ0n) is 9.59. The highest BCUT2D eigenvalue weighted by Crippen LogP contribution is 2.14. The summed E-state index contributed by atoms with van der Waals surface area (Å²) in [5.41, 5.74) is 1.14. The second-order valence-electron chi connectivity index (χ2n) is 3.95. The maximum absolute atomic E-state index is 5.90. The van der Waals surface area contributed by atoms with E-state index in [0.717, 1.165) is 22.5 Å². The standard InChI is InChI=1S/C13H18BrClO/c1-2-4-12(8-14)10-16-9-11-5-3-6-13(15)7-11/h3,5-7,12H,2,4,8-10H2,1H3. The molecule has 0 radical (unpaired) electrons. The van der Waals surface area contributed by atoms with Crippen molar-refractivity contribution >= 4 is 27.5 Å². The van der Waals surface area contributed by atoms with Gasteiger partial charge in [-0.05, 0) is 30.0 Å². The van der Waals surface area contributed by atoms with Crippen LogP contribution in [0.15, 0.2) is 24.3 Å². The van der Waals surface area contributed by atoms with E-state index in [9.17, 15) is 0 Å². The van der Waals surface area contributed by atoms with Crippen molar-refractivity contribution in [2.75, 3.05) is 11.9 Å². The van der Waals surface area contributed by atoms with Gasteiger partial charge in [-0.1, -0.05) is 53.0 Å². The van der Waals surface area contributed by atoms with Gasteiger partial charge in [-0.2, -0.15) is 0 Å². The fourth-order valence-corrected chi connectivity index (χ4v) is 2.31. The highest BCUT2D eigenvalue weighted by atomic mass is 79.9. The molecule has 0 aliphatic carbocycles. The molecule has 1 aromatic carbocycles. The van der Waals surface area contributed by atoms with Crippen molar-refractivity contribution in [2.24, 2.45) is 5.92 Å². The molecule has 0 saturated heterocycles. The minimum Gasteiger partial charge on any atom is -0.376 e. The van der Waals surface area contributed by atoms with Gasteiger partial charge in [-0.15, -0.1) is 0 Å². The minimum atomic E-state index is 0.615. The van der Waals surface area contributed by atoms with Crippen LogP contribution in [-0.4, -0.2) is 11.9 Å². The van der Waals surface area contributed by atoms with E-state index in [1.165, 1.54) is 12.8 Å². The SMILES string of the molecule is CCCC(CBr)COCc1cccc(Cl)c1. The molecule has 16 heavy (non-hydrogen) atoms. The number of ether oxygens (including phenoxy) is 1. The summed E-state index contributed by atoms with van der Waals surface area (Å²) in [6.07, 6.45) is 2.41. The molecule has 0 bridgehead atoms. The summed E-state index contributed by atoms with van der Waals surface area (Å²) < 4.78 is 5.69. The molecule has 1 rings (SSSR count). The van der Waals surface area contributed by atoms with Crippen LogP contribution in [0.25, 0.3) is 0 Å². The largest absolute Gasteiger partial charge is 0.376 e. The molecule has 3 heteroatoms. The molecule has 0 spiro atoms. The third-order valence-corrected chi connectivity index (χ3v) is 3.58. The fraction of sp³-hybridized carbons (Fsp3) is 0.538. The predicted octanol–water partition coefficient (Wildman–Crippen LogP) is 4.67. The average Bonchev–Trinajstić information content (AvgIpc) is 2.28. The van der Waals surface area contributed by atoms with E-state index in [4.69, 9.17) is 16.3 Å². The first kappa shape index (κ1) is 14.0. The van der Waals surface area contributed by atoms with Crippen LogP contribution in [0.4, 0.5) is 0 Å². The van der Waals surface area contributed by atoms with Gasteiger partial charge in [0.25, 0.3) is 0 Å². The topological polar surface area (TPSA) is 9.23 Å². The molecule has 0 heterocycles. The molecule has 0 aliphatic rings. The number of benzene rings is 1. The molecule has 0 amide bonds. The highest BCUT2D eigenvalue weighted by Gasteiger charge is 2.05. The molecule has 1 atom stereocenters. The summed E-state index contributed by atoms with van der Waals surface area (Å²) in [5.74, 6) is 0.615. The van der Waals surface area contributed by atoms with E-state index in [1.54, 1.807) is 0 Å². The molecule has 0 aromatic heterocycles. The summed E-state index contributed by atoms with van der Waals surface area (Å²) >= 11 is 9.41. The highest BCUT2D eigenvalue weighted by molar-refractivity contribution is 9.09. The lowest BCUT2D eigenvalue weighted by atomic mass is 10.1. The normalized spacial score (nSPS) is 12.7. The second-order valence-corrected chi connectivity index (χ2v) is 5.04. The summed E-state index contributed by atoms with van der Waals surface area (Å²) in [7, 11) is 0. The molecule has 1 unspecified atom stereocenters. The van der Waals surface area contributed by atoms with Gasteiger partial charge >= 0.3 is 0 Å². The Balaban J connectivity index is 2.29.